The summed E-state index contributed by atoms with van der Waals surface area (Å²) in [6, 6.07) is 16.8. The maximum Gasteiger partial charge on any atom is 0.338 e. The summed E-state index contributed by atoms with van der Waals surface area (Å²) in [5.74, 6) is 0.163. The average Bonchev–Trinajstić information content (AvgIpc) is 3.17. The van der Waals surface area contributed by atoms with Gasteiger partial charge in [-0.3, -0.25) is 9.69 Å². The highest BCUT2D eigenvalue weighted by Crippen LogP contribution is 2.44. The normalized spacial score (nSPS) is 19.7. The summed E-state index contributed by atoms with van der Waals surface area (Å²) in [6.45, 7) is 4.63. The summed E-state index contributed by atoms with van der Waals surface area (Å²) < 4.78 is 16.3. The molecule has 1 fully saturated rings. The summed E-state index contributed by atoms with van der Waals surface area (Å²) in [5, 5.41) is 0.406. The van der Waals surface area contributed by atoms with Gasteiger partial charge in [0.25, 0.3) is 0 Å². The molecular formula is C26H28N2O5S. The monoisotopic (exact) mass is 480 g/mol. The van der Waals surface area contributed by atoms with E-state index in [1.165, 1.54) is 11.8 Å². The van der Waals surface area contributed by atoms with Crippen LogP contribution in [-0.4, -0.2) is 47.5 Å². The fourth-order valence-corrected chi connectivity index (χ4v) is 5.08. The van der Waals surface area contributed by atoms with Gasteiger partial charge < -0.3 is 14.2 Å². The molecule has 2 aromatic carbocycles. The van der Waals surface area contributed by atoms with Gasteiger partial charge in [0.15, 0.2) is 5.17 Å². The number of amidine groups is 1. The van der Waals surface area contributed by atoms with E-state index in [2.05, 4.69) is 4.99 Å². The molecule has 0 unspecified atom stereocenters. The zero-order valence-corrected chi connectivity index (χ0v) is 20.3. The second-order valence-electron chi connectivity index (χ2n) is 7.99. The van der Waals surface area contributed by atoms with Crippen LogP contribution in [0.5, 0.6) is 5.75 Å². The first kappa shape index (κ1) is 24.0. The van der Waals surface area contributed by atoms with Gasteiger partial charge in [-0.05, 0) is 36.6 Å². The molecule has 0 aromatic heterocycles. The number of methoxy groups -OCH3 is 1. The van der Waals surface area contributed by atoms with Gasteiger partial charge in [0.1, 0.15) is 19.0 Å². The van der Waals surface area contributed by atoms with Crippen LogP contribution in [-0.2, 0) is 25.7 Å². The van der Waals surface area contributed by atoms with E-state index in [4.69, 9.17) is 14.2 Å². The molecule has 0 radical (unpaired) electrons. The Balaban J connectivity index is 1.62. The van der Waals surface area contributed by atoms with E-state index >= 15 is 0 Å². The summed E-state index contributed by atoms with van der Waals surface area (Å²) in [7, 11) is 1.55. The van der Waals surface area contributed by atoms with Gasteiger partial charge in [0.2, 0.25) is 5.91 Å². The molecule has 8 heteroatoms. The minimum atomic E-state index is -0.609. The lowest BCUT2D eigenvalue weighted by Gasteiger charge is -2.33. The predicted octanol–water partition coefficient (Wildman–Crippen LogP) is 4.49. The number of ether oxygens (including phenoxy) is 3. The quantitative estimate of drug-likeness (QED) is 0.389. The number of hydrogen-bond donors (Lipinski definition) is 0. The zero-order chi connectivity index (χ0) is 24.1. The Hall–Kier alpha value is -3.10. The van der Waals surface area contributed by atoms with Crippen molar-refractivity contribution in [2.24, 2.45) is 4.99 Å². The highest BCUT2D eigenvalue weighted by Gasteiger charge is 2.47. The van der Waals surface area contributed by atoms with Crippen molar-refractivity contribution in [2.45, 2.75) is 38.2 Å². The number of esters is 1. The number of carbonyl (C=O) groups is 2. The van der Waals surface area contributed by atoms with Gasteiger partial charge in [-0.1, -0.05) is 61.2 Å². The Labute approximate surface area is 203 Å². The molecule has 178 valence electrons. The van der Waals surface area contributed by atoms with Crippen LogP contribution in [0.2, 0.25) is 0 Å². The Kier molecular flexibility index (Phi) is 7.70. The Morgan fingerprint density at radius 2 is 1.82 bits per heavy atom. The van der Waals surface area contributed by atoms with E-state index in [1.807, 2.05) is 61.5 Å². The molecular weight excluding hydrogens is 452 g/mol. The fourth-order valence-electron chi connectivity index (χ4n) is 3.95. The molecule has 0 N–H and O–H groups in total. The van der Waals surface area contributed by atoms with Gasteiger partial charge >= 0.3 is 5.97 Å². The molecule has 0 saturated carbocycles. The fraction of sp³-hybridized carbons (Fsp3) is 0.346. The van der Waals surface area contributed by atoms with Gasteiger partial charge in [-0.2, -0.15) is 0 Å². The van der Waals surface area contributed by atoms with Crippen LogP contribution in [0.1, 0.15) is 37.4 Å². The number of hydrogen-bond acceptors (Lipinski definition) is 7. The summed E-state index contributed by atoms with van der Waals surface area (Å²) in [5.41, 5.74) is 2.79. The molecule has 7 nitrogen and oxygen atoms in total. The molecule has 0 bridgehead atoms. The molecule has 2 aromatic rings. The third-order valence-corrected chi connectivity index (χ3v) is 7.03. The number of allylic oxidation sites excluding steroid dienone is 1. The minimum Gasteiger partial charge on any atom is -0.489 e. The number of fused-ring (bicyclic) bond motifs is 1. The Morgan fingerprint density at radius 1 is 1.09 bits per heavy atom. The van der Waals surface area contributed by atoms with E-state index in [1.54, 1.807) is 18.9 Å². The molecule has 0 aliphatic carbocycles. The van der Waals surface area contributed by atoms with Crippen LogP contribution in [0.25, 0.3) is 0 Å². The predicted molar refractivity (Wildman–Crippen MR) is 131 cm³/mol. The molecule has 2 aliphatic rings. The van der Waals surface area contributed by atoms with Crippen LogP contribution in [0.15, 0.2) is 70.9 Å². The van der Waals surface area contributed by atoms with Crippen molar-refractivity contribution in [3.8, 4) is 5.75 Å². The van der Waals surface area contributed by atoms with Crippen molar-refractivity contribution in [1.82, 2.24) is 4.90 Å². The first-order valence-corrected chi connectivity index (χ1v) is 12.1. The van der Waals surface area contributed by atoms with Crippen molar-refractivity contribution in [1.29, 1.82) is 0 Å². The smallest absolute Gasteiger partial charge is 0.338 e. The first-order valence-electron chi connectivity index (χ1n) is 11.3. The van der Waals surface area contributed by atoms with Crippen LogP contribution in [0.3, 0.4) is 0 Å². The number of nitrogens with zero attached hydrogens (tertiary/aromatic N) is 2. The third kappa shape index (κ3) is 5.03. The molecule has 34 heavy (non-hydrogen) atoms. The molecule has 2 aliphatic heterocycles. The Morgan fingerprint density at radius 3 is 2.50 bits per heavy atom. The number of carbonyl (C=O) groups excluding carboxylic acids is 2. The lowest BCUT2D eigenvalue weighted by atomic mass is 9.94. The van der Waals surface area contributed by atoms with Crippen molar-refractivity contribution in [2.75, 3.05) is 20.3 Å². The van der Waals surface area contributed by atoms with Gasteiger partial charge in [0, 0.05) is 7.11 Å². The molecule has 4 rings (SSSR count). The number of thioether (sulfide) groups is 1. The number of aliphatic imine (C=N–C) groups is 1. The van der Waals surface area contributed by atoms with E-state index < -0.39 is 12.0 Å². The SMILES string of the molecule is CC[C@@H]1SC2=NC(C)=C(C(=O)OCCOC)[C@@H](c3ccc(OCc4ccccc4)cc3)N2C1=O. The lowest BCUT2D eigenvalue weighted by molar-refractivity contribution is -0.141. The van der Waals surface area contributed by atoms with E-state index in [0.717, 1.165) is 11.1 Å². The average molecular weight is 481 g/mol. The van der Waals surface area contributed by atoms with Crippen LogP contribution in [0, 0.1) is 0 Å². The summed E-state index contributed by atoms with van der Waals surface area (Å²) in [4.78, 5) is 32.5. The van der Waals surface area contributed by atoms with Crippen LogP contribution >= 0.6 is 11.8 Å². The van der Waals surface area contributed by atoms with E-state index in [0.29, 0.717) is 41.8 Å². The minimum absolute atomic E-state index is 0.0460. The number of benzene rings is 2. The lowest BCUT2D eigenvalue weighted by Crippen LogP contribution is -2.40. The van der Waals surface area contributed by atoms with E-state index in [-0.39, 0.29) is 17.8 Å². The maximum atomic E-state index is 13.2. The molecule has 2 atom stereocenters. The second kappa shape index (κ2) is 10.9. The second-order valence-corrected chi connectivity index (χ2v) is 9.16. The third-order valence-electron chi connectivity index (χ3n) is 5.71. The van der Waals surface area contributed by atoms with Crippen molar-refractivity contribution < 1.29 is 23.8 Å². The molecule has 1 saturated heterocycles. The zero-order valence-electron chi connectivity index (χ0n) is 19.5. The Bertz CT molecular complexity index is 1100. The molecule has 0 spiro atoms. The number of rotatable bonds is 9. The summed E-state index contributed by atoms with van der Waals surface area (Å²) in [6.07, 6.45) is 0.685. The van der Waals surface area contributed by atoms with Crippen molar-refractivity contribution in [3.63, 3.8) is 0 Å². The van der Waals surface area contributed by atoms with Crippen LogP contribution in [0.4, 0.5) is 0 Å². The molecule has 2 heterocycles. The standard InChI is InChI=1S/C26H28N2O5S/c1-4-21-24(29)28-23(22(17(2)27-26(28)34-21)25(30)32-15-14-31-3)19-10-12-20(13-11-19)33-16-18-8-6-5-7-9-18/h5-13,21,23H,4,14-16H2,1-3H3/t21-,23+/m0/s1. The summed E-state index contributed by atoms with van der Waals surface area (Å²) >= 11 is 1.44. The van der Waals surface area contributed by atoms with Gasteiger partial charge in [-0.15, -0.1) is 0 Å². The first-order chi connectivity index (χ1) is 16.5. The largest absolute Gasteiger partial charge is 0.489 e. The number of amides is 1. The van der Waals surface area contributed by atoms with Gasteiger partial charge in [-0.25, -0.2) is 9.79 Å². The van der Waals surface area contributed by atoms with Gasteiger partial charge in [0.05, 0.1) is 29.2 Å². The highest BCUT2D eigenvalue weighted by molar-refractivity contribution is 8.15. The van der Waals surface area contributed by atoms with E-state index in [9.17, 15) is 9.59 Å². The highest BCUT2D eigenvalue weighted by atomic mass is 32.2. The van der Waals surface area contributed by atoms with Crippen molar-refractivity contribution in [3.05, 3.63) is 77.0 Å². The maximum absolute atomic E-state index is 13.2. The van der Waals surface area contributed by atoms with Crippen molar-refractivity contribution >= 4 is 28.8 Å². The van der Waals surface area contributed by atoms with Crippen LogP contribution < -0.4 is 4.74 Å². The topological polar surface area (TPSA) is 77.4 Å². The molecule has 1 amide bonds.